The van der Waals surface area contributed by atoms with Crippen molar-refractivity contribution in [2.75, 3.05) is 25.1 Å². The average Bonchev–Trinajstić information content (AvgIpc) is 3.28. The molecule has 6 nitrogen and oxygen atoms in total. The molecule has 2 N–H and O–H groups in total. The Kier molecular flexibility index (Phi) is 11.5. The fourth-order valence-corrected chi connectivity index (χ4v) is 2.79. The molecule has 0 saturated carbocycles. The van der Waals surface area contributed by atoms with Crippen molar-refractivity contribution in [1.82, 2.24) is 15.8 Å². The summed E-state index contributed by atoms with van der Waals surface area (Å²) in [6, 6.07) is 3.89. The highest BCUT2D eigenvalue weighted by atomic mass is 127. The number of aromatic nitrogens is 1. The van der Waals surface area contributed by atoms with E-state index in [0.717, 1.165) is 66.8 Å². The first kappa shape index (κ1) is 22.9. The fourth-order valence-electron chi connectivity index (χ4n) is 2.48. The molecule has 0 radical (unpaired) electrons. The molecule has 2 rings (SSSR count). The third-order valence-corrected chi connectivity index (χ3v) is 4.46. The van der Waals surface area contributed by atoms with Gasteiger partial charge in [0.05, 0.1) is 18.5 Å². The van der Waals surface area contributed by atoms with E-state index in [2.05, 4.69) is 35.9 Å². The van der Waals surface area contributed by atoms with Crippen LogP contribution in [0.3, 0.4) is 0 Å². The molecule has 0 saturated heterocycles. The molecule has 0 aliphatic carbocycles. The number of furan rings is 1. The second-order valence-electron chi connectivity index (χ2n) is 5.58. The molecule has 0 aliphatic rings. The zero-order chi connectivity index (χ0) is 17.9. The van der Waals surface area contributed by atoms with Crippen LogP contribution in [0.2, 0.25) is 0 Å². The van der Waals surface area contributed by atoms with E-state index in [9.17, 15) is 0 Å². The number of aryl methyl sites for hydroxylation is 2. The van der Waals surface area contributed by atoms with E-state index in [0.29, 0.717) is 6.54 Å². The van der Waals surface area contributed by atoms with Gasteiger partial charge in [0.2, 0.25) is 0 Å². The maximum atomic E-state index is 5.42. The smallest absolute Gasteiger partial charge is 0.191 e. The van der Waals surface area contributed by atoms with Crippen molar-refractivity contribution in [2.45, 2.75) is 39.7 Å². The zero-order valence-corrected chi connectivity index (χ0v) is 18.9. The van der Waals surface area contributed by atoms with E-state index >= 15 is 0 Å². The number of hydrogen-bond donors (Lipinski definition) is 2. The molecule has 0 aliphatic heterocycles. The quantitative estimate of drug-likeness (QED) is 0.228. The van der Waals surface area contributed by atoms with Crippen LogP contribution in [0.15, 0.2) is 32.3 Å². The highest BCUT2D eigenvalue weighted by Crippen LogP contribution is 2.16. The topological polar surface area (TPSA) is 75.6 Å². The largest absolute Gasteiger partial charge is 0.469 e. The number of halogens is 1. The van der Waals surface area contributed by atoms with Gasteiger partial charge in [-0.2, -0.15) is 11.8 Å². The van der Waals surface area contributed by atoms with Crippen LogP contribution >= 0.6 is 35.7 Å². The van der Waals surface area contributed by atoms with Crippen LogP contribution in [0.25, 0.3) is 0 Å². The molecule has 2 heterocycles. The number of rotatable bonds is 10. The van der Waals surface area contributed by atoms with Crippen LogP contribution in [0.1, 0.15) is 36.6 Å². The first-order chi connectivity index (χ1) is 12.3. The van der Waals surface area contributed by atoms with Gasteiger partial charge >= 0.3 is 0 Å². The normalized spacial score (nSPS) is 11.3. The highest BCUT2D eigenvalue weighted by molar-refractivity contribution is 14.0. The minimum Gasteiger partial charge on any atom is -0.469 e. The van der Waals surface area contributed by atoms with Gasteiger partial charge in [-0.1, -0.05) is 19.0 Å². The predicted octanol–water partition coefficient (Wildman–Crippen LogP) is 3.65. The van der Waals surface area contributed by atoms with E-state index in [1.54, 1.807) is 6.26 Å². The molecule has 0 unspecified atom stereocenters. The molecule has 0 aromatic carbocycles. The molecule has 0 bridgehead atoms. The van der Waals surface area contributed by atoms with Crippen LogP contribution in [0.4, 0.5) is 0 Å². The van der Waals surface area contributed by atoms with Crippen molar-refractivity contribution in [2.24, 2.45) is 4.99 Å². The summed E-state index contributed by atoms with van der Waals surface area (Å²) in [4.78, 5) is 4.73. The summed E-state index contributed by atoms with van der Waals surface area (Å²) in [5, 5.41) is 10.9. The maximum Gasteiger partial charge on any atom is 0.191 e. The lowest BCUT2D eigenvalue weighted by Gasteiger charge is -2.12. The van der Waals surface area contributed by atoms with Crippen molar-refractivity contribution in [3.8, 4) is 0 Å². The monoisotopic (exact) mass is 492 g/mol. The summed E-state index contributed by atoms with van der Waals surface area (Å²) in [6.07, 6.45) is 6.31. The Morgan fingerprint density at radius 2 is 2.04 bits per heavy atom. The third-order valence-electron chi connectivity index (χ3n) is 3.84. The SMILES string of the molecule is CCc1noc(CC)c1CN=C(NCCSC)NCCc1ccco1.I. The van der Waals surface area contributed by atoms with Gasteiger partial charge in [0.15, 0.2) is 5.96 Å². The molecule has 0 amide bonds. The summed E-state index contributed by atoms with van der Waals surface area (Å²) < 4.78 is 10.8. The molecule has 8 heteroatoms. The van der Waals surface area contributed by atoms with Gasteiger partial charge in [0.25, 0.3) is 0 Å². The number of thioether (sulfide) groups is 1. The summed E-state index contributed by atoms with van der Waals surface area (Å²) in [5.41, 5.74) is 2.11. The van der Waals surface area contributed by atoms with Gasteiger partial charge in [0, 0.05) is 37.2 Å². The number of guanidine groups is 1. The van der Waals surface area contributed by atoms with Gasteiger partial charge in [-0.05, 0) is 24.8 Å². The van der Waals surface area contributed by atoms with E-state index in [1.165, 1.54) is 0 Å². The first-order valence-corrected chi connectivity index (χ1v) is 10.2. The Bertz CT molecular complexity index is 622. The predicted molar refractivity (Wildman–Crippen MR) is 119 cm³/mol. The Labute approximate surface area is 177 Å². The molecule has 2 aromatic rings. The fraction of sp³-hybridized carbons (Fsp3) is 0.556. The van der Waals surface area contributed by atoms with Gasteiger partial charge in [-0.15, -0.1) is 24.0 Å². The molecular weight excluding hydrogens is 463 g/mol. The number of hydrogen-bond acceptors (Lipinski definition) is 5. The Hall–Kier alpha value is -1.16. The van der Waals surface area contributed by atoms with E-state index in [4.69, 9.17) is 13.9 Å². The van der Waals surface area contributed by atoms with Gasteiger partial charge in [-0.3, -0.25) is 0 Å². The van der Waals surface area contributed by atoms with Crippen LogP contribution in [-0.2, 0) is 25.8 Å². The zero-order valence-electron chi connectivity index (χ0n) is 15.7. The summed E-state index contributed by atoms with van der Waals surface area (Å²) in [6.45, 7) is 6.38. The van der Waals surface area contributed by atoms with Crippen molar-refractivity contribution >= 4 is 41.7 Å². The standard InChI is InChI=1S/C18H28N4O2S.HI/c1-4-16-15(17(5-2)24-22-16)13-21-18(20-10-12-25-3)19-9-8-14-7-6-11-23-14;/h6-7,11H,4-5,8-10,12-13H2,1-3H3,(H2,19,20,21);1H. The molecular formula is C18H29IN4O2S. The number of nitrogens with one attached hydrogen (secondary N) is 2. The van der Waals surface area contributed by atoms with Gasteiger partial charge in [0.1, 0.15) is 11.5 Å². The minimum absolute atomic E-state index is 0. The Balaban J connectivity index is 0.00000338. The van der Waals surface area contributed by atoms with Crippen LogP contribution in [-0.4, -0.2) is 36.2 Å². The van der Waals surface area contributed by atoms with Crippen LogP contribution in [0, 0.1) is 0 Å². The Morgan fingerprint density at radius 1 is 1.23 bits per heavy atom. The van der Waals surface area contributed by atoms with Crippen molar-refractivity contribution < 1.29 is 8.94 Å². The van der Waals surface area contributed by atoms with E-state index in [1.807, 2.05) is 23.9 Å². The average molecular weight is 492 g/mol. The summed E-state index contributed by atoms with van der Waals surface area (Å²) in [5.74, 6) is 3.74. The van der Waals surface area contributed by atoms with Crippen molar-refractivity contribution in [3.05, 3.63) is 41.2 Å². The molecule has 0 fully saturated rings. The molecule has 0 atom stereocenters. The minimum atomic E-state index is 0. The Morgan fingerprint density at radius 3 is 2.69 bits per heavy atom. The molecule has 26 heavy (non-hydrogen) atoms. The first-order valence-electron chi connectivity index (χ1n) is 8.78. The lowest BCUT2D eigenvalue weighted by molar-refractivity contribution is 0.380. The summed E-state index contributed by atoms with van der Waals surface area (Å²) >= 11 is 1.81. The van der Waals surface area contributed by atoms with E-state index in [-0.39, 0.29) is 24.0 Å². The second-order valence-corrected chi connectivity index (χ2v) is 6.56. The number of nitrogens with zero attached hydrogens (tertiary/aromatic N) is 2. The number of aliphatic imine (C=N–C) groups is 1. The van der Waals surface area contributed by atoms with E-state index < -0.39 is 0 Å². The molecule has 2 aromatic heterocycles. The lowest BCUT2D eigenvalue weighted by atomic mass is 10.1. The molecule has 146 valence electrons. The van der Waals surface area contributed by atoms with Crippen LogP contribution < -0.4 is 10.6 Å². The van der Waals surface area contributed by atoms with Crippen LogP contribution in [0.5, 0.6) is 0 Å². The molecule has 0 spiro atoms. The third kappa shape index (κ3) is 7.22. The van der Waals surface area contributed by atoms with Gasteiger partial charge < -0.3 is 19.6 Å². The van der Waals surface area contributed by atoms with Crippen molar-refractivity contribution in [3.63, 3.8) is 0 Å². The van der Waals surface area contributed by atoms with Crippen molar-refractivity contribution in [1.29, 1.82) is 0 Å². The second kappa shape index (κ2) is 13.1. The maximum absolute atomic E-state index is 5.42. The highest BCUT2D eigenvalue weighted by Gasteiger charge is 2.13. The van der Waals surface area contributed by atoms with Gasteiger partial charge in [-0.25, -0.2) is 4.99 Å². The lowest BCUT2D eigenvalue weighted by Crippen LogP contribution is -2.39. The summed E-state index contributed by atoms with van der Waals surface area (Å²) in [7, 11) is 0.